The number of thioether (sulfide) groups is 1. The number of carbonyl (C=O) groups excluding carboxylic acids is 4. The molecule has 0 saturated carbocycles. The van der Waals surface area contributed by atoms with Gasteiger partial charge in [0.2, 0.25) is 23.6 Å². The van der Waals surface area contributed by atoms with Crippen molar-refractivity contribution in [3.05, 3.63) is 0 Å². The minimum absolute atomic E-state index is 0.117. The highest BCUT2D eigenvalue weighted by molar-refractivity contribution is 7.98. The Hall–Kier alpha value is -2.34. The molecule has 4 amide bonds. The van der Waals surface area contributed by atoms with Crippen LogP contribution in [0.1, 0.15) is 26.7 Å². The van der Waals surface area contributed by atoms with Gasteiger partial charge in [-0.25, -0.2) is 4.79 Å². The Morgan fingerprint density at radius 1 is 1.04 bits per heavy atom. The van der Waals surface area contributed by atoms with Gasteiger partial charge in [0.05, 0.1) is 19.0 Å². The summed E-state index contributed by atoms with van der Waals surface area (Å²) in [4.78, 5) is 58.1. The van der Waals surface area contributed by atoms with Crippen molar-refractivity contribution in [1.82, 2.24) is 16.0 Å². The van der Waals surface area contributed by atoms with Crippen LogP contribution in [-0.4, -0.2) is 71.4 Å². The Kier molecular flexibility index (Phi) is 11.9. The van der Waals surface area contributed by atoms with Crippen LogP contribution in [0.2, 0.25) is 0 Å². The topological polar surface area (TPSA) is 194 Å². The van der Waals surface area contributed by atoms with Gasteiger partial charge >= 0.3 is 5.97 Å². The van der Waals surface area contributed by atoms with E-state index in [1.165, 1.54) is 11.8 Å². The molecule has 0 bridgehead atoms. The van der Waals surface area contributed by atoms with Crippen LogP contribution in [0.3, 0.4) is 0 Å². The van der Waals surface area contributed by atoms with Crippen LogP contribution in [-0.2, 0) is 24.0 Å². The smallest absolute Gasteiger partial charge is 0.326 e. The van der Waals surface area contributed by atoms with Crippen LogP contribution in [0, 0.1) is 5.92 Å². The summed E-state index contributed by atoms with van der Waals surface area (Å²) >= 11 is 1.48. The first kappa shape index (κ1) is 25.7. The largest absolute Gasteiger partial charge is 0.480 e. The molecule has 0 aromatic heterocycles. The van der Waals surface area contributed by atoms with Crippen molar-refractivity contribution in [2.45, 2.75) is 44.8 Å². The average Bonchev–Trinajstić information content (AvgIpc) is 2.60. The SMILES string of the molecule is CSCCC(NC(=O)C(N)C(C)C)C(=O)NCC(=O)NC(CC(N)=O)C(=O)O. The number of amides is 4. The lowest BCUT2D eigenvalue weighted by Gasteiger charge is -2.22. The van der Waals surface area contributed by atoms with Crippen molar-refractivity contribution in [1.29, 1.82) is 0 Å². The molecule has 0 rings (SSSR count). The molecular formula is C16H29N5O6S. The maximum Gasteiger partial charge on any atom is 0.326 e. The number of primary amides is 1. The summed E-state index contributed by atoms with van der Waals surface area (Å²) in [7, 11) is 0. The van der Waals surface area contributed by atoms with Crippen molar-refractivity contribution in [2.24, 2.45) is 17.4 Å². The standard InChI is InChI=1S/C16H29N5O6S/c1-8(2)13(18)15(25)21-9(4-5-28-3)14(24)19-7-12(23)20-10(16(26)27)6-11(17)22/h8-10,13H,4-7,18H2,1-3H3,(H2,17,22)(H,19,24)(H,20,23)(H,21,25)(H,26,27). The summed E-state index contributed by atoms with van der Waals surface area (Å²) in [5.74, 6) is -3.74. The number of hydrogen-bond acceptors (Lipinski definition) is 7. The fourth-order valence-electron chi connectivity index (χ4n) is 2.01. The monoisotopic (exact) mass is 419 g/mol. The van der Waals surface area contributed by atoms with Crippen LogP contribution in [0.4, 0.5) is 0 Å². The molecule has 11 nitrogen and oxygen atoms in total. The molecule has 0 fully saturated rings. The highest BCUT2D eigenvalue weighted by Crippen LogP contribution is 2.04. The molecule has 12 heteroatoms. The first-order valence-electron chi connectivity index (χ1n) is 8.62. The van der Waals surface area contributed by atoms with E-state index in [0.717, 1.165) is 0 Å². The van der Waals surface area contributed by atoms with Crippen molar-refractivity contribution in [2.75, 3.05) is 18.6 Å². The quantitative estimate of drug-likeness (QED) is 0.193. The van der Waals surface area contributed by atoms with Crippen molar-refractivity contribution in [3.8, 4) is 0 Å². The summed E-state index contributed by atoms with van der Waals surface area (Å²) in [6.07, 6.45) is 1.59. The lowest BCUT2D eigenvalue weighted by atomic mass is 10.0. The summed E-state index contributed by atoms with van der Waals surface area (Å²) in [6, 6.07) is -3.16. The van der Waals surface area contributed by atoms with Gasteiger partial charge in [0.25, 0.3) is 0 Å². The van der Waals surface area contributed by atoms with Gasteiger partial charge in [0.1, 0.15) is 12.1 Å². The number of rotatable bonds is 13. The Balaban J connectivity index is 4.80. The summed E-state index contributed by atoms with van der Waals surface area (Å²) in [5, 5.41) is 16.0. The molecule has 0 aliphatic rings. The maximum atomic E-state index is 12.3. The van der Waals surface area contributed by atoms with Gasteiger partial charge in [0, 0.05) is 0 Å². The third-order valence-corrected chi connectivity index (χ3v) is 4.37. The van der Waals surface area contributed by atoms with E-state index < -0.39 is 60.7 Å². The van der Waals surface area contributed by atoms with Crippen LogP contribution in [0.15, 0.2) is 0 Å². The second-order valence-corrected chi connectivity index (χ2v) is 7.44. The number of carbonyl (C=O) groups is 5. The maximum absolute atomic E-state index is 12.3. The van der Waals surface area contributed by atoms with Gasteiger partial charge in [0.15, 0.2) is 0 Å². The first-order chi connectivity index (χ1) is 13.0. The summed E-state index contributed by atoms with van der Waals surface area (Å²) in [5.41, 5.74) is 10.7. The third-order valence-electron chi connectivity index (χ3n) is 3.73. The second-order valence-electron chi connectivity index (χ2n) is 6.46. The Bertz CT molecular complexity index is 586. The van der Waals surface area contributed by atoms with Crippen LogP contribution in [0.25, 0.3) is 0 Å². The van der Waals surface area contributed by atoms with Gasteiger partial charge in [-0.05, 0) is 24.3 Å². The lowest BCUT2D eigenvalue weighted by molar-refractivity contribution is -0.143. The fraction of sp³-hybridized carbons (Fsp3) is 0.688. The van der Waals surface area contributed by atoms with Crippen LogP contribution >= 0.6 is 11.8 Å². The van der Waals surface area contributed by atoms with Gasteiger partial charge in [-0.1, -0.05) is 13.8 Å². The summed E-state index contributed by atoms with van der Waals surface area (Å²) < 4.78 is 0. The number of carboxylic acids is 1. The first-order valence-corrected chi connectivity index (χ1v) is 10.0. The van der Waals surface area contributed by atoms with Gasteiger partial charge < -0.3 is 32.5 Å². The normalized spacial score (nSPS) is 13.9. The molecule has 0 aromatic carbocycles. The molecule has 160 valence electrons. The zero-order chi connectivity index (χ0) is 21.9. The summed E-state index contributed by atoms with van der Waals surface area (Å²) in [6.45, 7) is 3.02. The molecule has 0 aromatic rings. The minimum Gasteiger partial charge on any atom is -0.480 e. The molecule has 3 atom stereocenters. The van der Waals surface area contributed by atoms with E-state index in [0.29, 0.717) is 12.2 Å². The third kappa shape index (κ3) is 10.1. The van der Waals surface area contributed by atoms with Crippen molar-refractivity contribution < 1.29 is 29.1 Å². The molecular weight excluding hydrogens is 390 g/mol. The predicted molar refractivity (Wildman–Crippen MR) is 104 cm³/mol. The van der Waals surface area contributed by atoms with Crippen LogP contribution in [0.5, 0.6) is 0 Å². The molecule has 0 aliphatic heterocycles. The zero-order valence-corrected chi connectivity index (χ0v) is 17.0. The van der Waals surface area contributed by atoms with E-state index in [2.05, 4.69) is 16.0 Å². The lowest BCUT2D eigenvalue weighted by Crippen LogP contribution is -2.54. The molecule has 3 unspecified atom stereocenters. The number of hydrogen-bond donors (Lipinski definition) is 6. The van der Waals surface area contributed by atoms with Gasteiger partial charge in [-0.15, -0.1) is 0 Å². The highest BCUT2D eigenvalue weighted by atomic mass is 32.2. The number of carboxylic acid groups (broad SMARTS) is 1. The van der Waals surface area contributed by atoms with E-state index in [-0.39, 0.29) is 5.92 Å². The predicted octanol–water partition coefficient (Wildman–Crippen LogP) is -2.23. The van der Waals surface area contributed by atoms with Gasteiger partial charge in [-0.3, -0.25) is 19.2 Å². The Morgan fingerprint density at radius 2 is 1.64 bits per heavy atom. The molecule has 0 heterocycles. The van der Waals surface area contributed by atoms with Gasteiger partial charge in [-0.2, -0.15) is 11.8 Å². The molecule has 0 radical (unpaired) electrons. The molecule has 8 N–H and O–H groups in total. The highest BCUT2D eigenvalue weighted by Gasteiger charge is 2.26. The van der Waals surface area contributed by atoms with E-state index in [9.17, 15) is 24.0 Å². The molecule has 28 heavy (non-hydrogen) atoms. The number of aliphatic carboxylic acids is 1. The Morgan fingerprint density at radius 3 is 2.11 bits per heavy atom. The van der Waals surface area contributed by atoms with Crippen LogP contribution < -0.4 is 27.4 Å². The van der Waals surface area contributed by atoms with E-state index >= 15 is 0 Å². The van der Waals surface area contributed by atoms with E-state index in [4.69, 9.17) is 16.6 Å². The number of nitrogens with two attached hydrogens (primary N) is 2. The fourth-order valence-corrected chi connectivity index (χ4v) is 2.48. The average molecular weight is 420 g/mol. The molecule has 0 spiro atoms. The second kappa shape index (κ2) is 12.9. The molecule has 0 aliphatic carbocycles. The minimum atomic E-state index is -1.49. The van der Waals surface area contributed by atoms with E-state index in [1.54, 1.807) is 13.8 Å². The molecule has 0 saturated heterocycles. The van der Waals surface area contributed by atoms with E-state index in [1.807, 2.05) is 6.26 Å². The van der Waals surface area contributed by atoms with Crippen molar-refractivity contribution >= 4 is 41.4 Å². The zero-order valence-electron chi connectivity index (χ0n) is 16.2. The number of nitrogens with one attached hydrogen (secondary N) is 3. The Labute approximate surface area is 167 Å². The van der Waals surface area contributed by atoms with Crippen molar-refractivity contribution in [3.63, 3.8) is 0 Å².